The number of hydrogen-bond donors (Lipinski definition) is 1. The van der Waals surface area contributed by atoms with Crippen LogP contribution < -0.4 is 9.47 Å². The summed E-state index contributed by atoms with van der Waals surface area (Å²) in [5, 5.41) is 1.33. The summed E-state index contributed by atoms with van der Waals surface area (Å²) < 4.78 is 11.0. The molecule has 0 unspecified atom stereocenters. The summed E-state index contributed by atoms with van der Waals surface area (Å²) in [6.45, 7) is 10.9. The number of benzene rings is 2. The lowest BCUT2D eigenvalue weighted by Gasteiger charge is -2.42. The fourth-order valence-corrected chi connectivity index (χ4v) is 6.37. The topological polar surface area (TPSA) is 40.7 Å². The minimum Gasteiger partial charge on any atom is -0.493 e. The van der Waals surface area contributed by atoms with Crippen LogP contribution in [0.4, 0.5) is 0 Å². The molecule has 0 saturated carbocycles. The van der Waals surface area contributed by atoms with Gasteiger partial charge in [-0.05, 0) is 119 Å². The summed E-state index contributed by atoms with van der Waals surface area (Å²) in [5.74, 6) is 2.17. The molecular formula is C31H43N3O2. The highest BCUT2D eigenvalue weighted by Crippen LogP contribution is 2.38. The zero-order valence-corrected chi connectivity index (χ0v) is 22.6. The molecule has 0 aliphatic carbocycles. The molecule has 3 heterocycles. The number of aromatic amines is 1. The van der Waals surface area contributed by atoms with Gasteiger partial charge in [-0.3, -0.25) is 0 Å². The Balaban J connectivity index is 1.25. The van der Waals surface area contributed by atoms with Crippen LogP contribution in [0.5, 0.6) is 11.5 Å². The second-order valence-electron chi connectivity index (χ2n) is 10.7. The minimum absolute atomic E-state index is 0.661. The lowest BCUT2D eigenvalue weighted by molar-refractivity contribution is 0.0868. The first-order valence-electron chi connectivity index (χ1n) is 13.9. The van der Waals surface area contributed by atoms with Crippen molar-refractivity contribution < 1.29 is 9.47 Å². The number of nitrogens with one attached hydrogen (secondary N) is 1. The summed E-state index contributed by atoms with van der Waals surface area (Å²) in [7, 11) is 3.36. The summed E-state index contributed by atoms with van der Waals surface area (Å²) in [5.41, 5.74) is 6.28. The predicted octanol–water partition coefficient (Wildman–Crippen LogP) is 6.60. The van der Waals surface area contributed by atoms with E-state index < -0.39 is 0 Å². The van der Waals surface area contributed by atoms with E-state index in [0.717, 1.165) is 28.8 Å². The van der Waals surface area contributed by atoms with E-state index in [4.69, 9.17) is 9.47 Å². The maximum Gasteiger partial charge on any atom is 0.161 e. The molecule has 3 aromatic rings. The molecule has 5 rings (SSSR count). The van der Waals surface area contributed by atoms with Gasteiger partial charge < -0.3 is 24.3 Å². The summed E-state index contributed by atoms with van der Waals surface area (Å²) in [6.07, 6.45) is 7.89. The van der Waals surface area contributed by atoms with Crippen molar-refractivity contribution in [1.29, 1.82) is 0 Å². The summed E-state index contributed by atoms with van der Waals surface area (Å²) in [6, 6.07) is 14.0. The number of likely N-dealkylation sites (tertiary alicyclic amines) is 2. The van der Waals surface area contributed by atoms with Crippen LogP contribution in [0.25, 0.3) is 22.2 Å². The van der Waals surface area contributed by atoms with Gasteiger partial charge in [0.1, 0.15) is 0 Å². The van der Waals surface area contributed by atoms with Gasteiger partial charge in [-0.2, -0.15) is 0 Å². The van der Waals surface area contributed by atoms with Crippen LogP contribution in [0.1, 0.15) is 62.5 Å². The van der Waals surface area contributed by atoms with Crippen molar-refractivity contribution in [3.8, 4) is 22.8 Å². The normalized spacial score (nSPS) is 18.7. The number of unbranched alkanes of at least 4 members (excludes halogenated alkanes) is 1. The first-order chi connectivity index (χ1) is 17.6. The number of fused-ring (bicyclic) bond motifs is 1. The molecule has 2 fully saturated rings. The van der Waals surface area contributed by atoms with E-state index in [-0.39, 0.29) is 0 Å². The summed E-state index contributed by atoms with van der Waals surface area (Å²) in [4.78, 5) is 9.13. The van der Waals surface area contributed by atoms with Crippen LogP contribution >= 0.6 is 0 Å². The molecule has 5 heteroatoms. The van der Waals surface area contributed by atoms with E-state index in [1.54, 1.807) is 14.2 Å². The Kier molecular flexibility index (Phi) is 7.87. The molecule has 0 atom stereocenters. The van der Waals surface area contributed by atoms with Gasteiger partial charge in [0.2, 0.25) is 0 Å². The third-order valence-corrected chi connectivity index (χ3v) is 8.66. The van der Waals surface area contributed by atoms with Crippen LogP contribution in [0, 0.1) is 6.92 Å². The van der Waals surface area contributed by atoms with E-state index in [1.807, 2.05) is 6.07 Å². The maximum atomic E-state index is 5.54. The molecule has 2 saturated heterocycles. The zero-order valence-electron chi connectivity index (χ0n) is 22.6. The molecule has 2 aliphatic rings. The molecule has 36 heavy (non-hydrogen) atoms. The smallest absolute Gasteiger partial charge is 0.161 e. The van der Waals surface area contributed by atoms with Crippen molar-refractivity contribution in [2.24, 2.45) is 0 Å². The molecular weight excluding hydrogens is 446 g/mol. The van der Waals surface area contributed by atoms with Gasteiger partial charge in [0.05, 0.1) is 14.2 Å². The van der Waals surface area contributed by atoms with Crippen molar-refractivity contribution >= 4 is 10.9 Å². The quantitative estimate of drug-likeness (QED) is 0.387. The third kappa shape index (κ3) is 5.14. The zero-order chi connectivity index (χ0) is 25.1. The van der Waals surface area contributed by atoms with Crippen LogP contribution in [-0.4, -0.2) is 67.8 Å². The van der Waals surface area contributed by atoms with Gasteiger partial charge in [-0.15, -0.1) is 0 Å². The highest BCUT2D eigenvalue weighted by Gasteiger charge is 2.28. The molecule has 0 radical (unpaired) electrons. The Morgan fingerprint density at radius 3 is 2.33 bits per heavy atom. The highest BCUT2D eigenvalue weighted by molar-refractivity contribution is 5.91. The predicted molar refractivity (Wildman–Crippen MR) is 149 cm³/mol. The first-order valence-corrected chi connectivity index (χ1v) is 13.9. The Labute approximate surface area is 216 Å². The second-order valence-corrected chi connectivity index (χ2v) is 10.7. The number of nitrogens with zero attached hydrogens (tertiary/aromatic N) is 2. The molecule has 0 bridgehead atoms. The number of hydrogen-bond acceptors (Lipinski definition) is 4. The molecule has 2 aliphatic heterocycles. The van der Waals surface area contributed by atoms with E-state index in [2.05, 4.69) is 59.0 Å². The third-order valence-electron chi connectivity index (χ3n) is 8.66. The van der Waals surface area contributed by atoms with Gasteiger partial charge in [0.15, 0.2) is 11.5 Å². The average Bonchev–Trinajstić information content (AvgIpc) is 3.27. The van der Waals surface area contributed by atoms with E-state index >= 15 is 0 Å². The van der Waals surface area contributed by atoms with Crippen molar-refractivity contribution in [2.45, 2.75) is 64.3 Å². The SMILES string of the molecule is CCCCN1CCC(N2CCC(c3ccc4[nH]c(-c5ccc(OC)c(OC)c5)c(C)c4c3)CC2)CC1. The standard InChI is InChI=1S/C31H43N3O2/c1-5-6-15-33-16-13-26(14-17-33)34-18-11-23(12-19-34)24-7-9-28-27(20-24)22(2)31(32-28)25-8-10-29(35-3)30(21-25)36-4/h7-10,20-21,23,26,32H,5-6,11-19H2,1-4H3. The van der Waals surface area contributed by atoms with E-state index in [9.17, 15) is 0 Å². The molecule has 0 spiro atoms. The molecule has 1 N–H and O–H groups in total. The van der Waals surface area contributed by atoms with Crippen LogP contribution in [-0.2, 0) is 0 Å². The van der Waals surface area contributed by atoms with Crippen molar-refractivity contribution in [1.82, 2.24) is 14.8 Å². The lowest BCUT2D eigenvalue weighted by atomic mass is 9.87. The Hall–Kier alpha value is -2.50. The number of piperidine rings is 2. The number of H-pyrrole nitrogens is 1. The fraction of sp³-hybridized carbons (Fsp3) is 0.548. The summed E-state index contributed by atoms with van der Waals surface area (Å²) >= 11 is 0. The Bertz CT molecular complexity index is 1150. The molecule has 1 aromatic heterocycles. The van der Waals surface area contributed by atoms with Crippen LogP contribution in [0.15, 0.2) is 36.4 Å². The van der Waals surface area contributed by atoms with Crippen molar-refractivity contribution in [3.05, 3.63) is 47.5 Å². The number of methoxy groups -OCH3 is 2. The van der Waals surface area contributed by atoms with Crippen molar-refractivity contribution in [2.75, 3.05) is 46.9 Å². The average molecular weight is 490 g/mol. The van der Waals surface area contributed by atoms with Crippen LogP contribution in [0.2, 0.25) is 0 Å². The number of rotatable bonds is 8. The monoisotopic (exact) mass is 489 g/mol. The lowest BCUT2D eigenvalue weighted by Crippen LogP contribution is -2.47. The molecule has 5 nitrogen and oxygen atoms in total. The number of aromatic nitrogens is 1. The maximum absolute atomic E-state index is 5.54. The van der Waals surface area contributed by atoms with Gasteiger partial charge in [-0.1, -0.05) is 19.4 Å². The molecule has 0 amide bonds. The van der Waals surface area contributed by atoms with Gasteiger partial charge >= 0.3 is 0 Å². The van der Waals surface area contributed by atoms with Gasteiger partial charge in [0.25, 0.3) is 0 Å². The van der Waals surface area contributed by atoms with Gasteiger partial charge in [0, 0.05) is 28.2 Å². The van der Waals surface area contributed by atoms with Gasteiger partial charge in [-0.25, -0.2) is 0 Å². The highest BCUT2D eigenvalue weighted by atomic mass is 16.5. The Morgan fingerprint density at radius 1 is 0.889 bits per heavy atom. The number of aryl methyl sites for hydroxylation is 1. The Morgan fingerprint density at radius 2 is 1.64 bits per heavy atom. The van der Waals surface area contributed by atoms with Crippen molar-refractivity contribution in [3.63, 3.8) is 0 Å². The largest absolute Gasteiger partial charge is 0.493 e. The fourth-order valence-electron chi connectivity index (χ4n) is 6.37. The molecule has 2 aromatic carbocycles. The minimum atomic E-state index is 0.661. The number of ether oxygens (including phenoxy) is 2. The molecule has 194 valence electrons. The first kappa shape index (κ1) is 25.2. The van der Waals surface area contributed by atoms with E-state index in [1.165, 1.54) is 93.3 Å². The second kappa shape index (κ2) is 11.3. The van der Waals surface area contributed by atoms with Crippen LogP contribution in [0.3, 0.4) is 0 Å². The van der Waals surface area contributed by atoms with E-state index in [0.29, 0.717) is 5.92 Å².